The third-order valence-electron chi connectivity index (χ3n) is 4.13. The van der Waals surface area contributed by atoms with Crippen LogP contribution in [0.1, 0.15) is 39.0 Å². The highest BCUT2D eigenvalue weighted by atomic mass is 32.2. The van der Waals surface area contributed by atoms with Crippen molar-refractivity contribution >= 4 is 11.8 Å². The van der Waals surface area contributed by atoms with E-state index in [0.717, 1.165) is 37.3 Å². The maximum absolute atomic E-state index is 5.01. The third kappa shape index (κ3) is 5.56. The van der Waals surface area contributed by atoms with Gasteiger partial charge in [-0.05, 0) is 42.0 Å². The van der Waals surface area contributed by atoms with E-state index in [4.69, 9.17) is 4.74 Å². The number of tetrazole rings is 1. The first-order chi connectivity index (χ1) is 10.3. The van der Waals surface area contributed by atoms with E-state index in [1.54, 1.807) is 7.11 Å². The average molecular weight is 313 g/mol. The molecule has 0 bridgehead atoms. The molecule has 1 aliphatic rings. The summed E-state index contributed by atoms with van der Waals surface area (Å²) < 4.78 is 6.92. The SMILES string of the molecule is CCC1CCC(Sc2nnnn2CCNCCOC)CC1. The molecule has 1 fully saturated rings. The molecule has 0 amide bonds. The summed E-state index contributed by atoms with van der Waals surface area (Å²) >= 11 is 1.85. The zero-order valence-corrected chi connectivity index (χ0v) is 13.9. The molecule has 0 radical (unpaired) electrons. The number of hydrogen-bond acceptors (Lipinski definition) is 6. The number of ether oxygens (including phenoxy) is 1. The molecule has 0 aromatic carbocycles. The average Bonchev–Trinajstić information content (AvgIpc) is 2.95. The lowest BCUT2D eigenvalue weighted by Crippen LogP contribution is -2.24. The predicted octanol–water partition coefficient (Wildman–Crippen LogP) is 1.97. The van der Waals surface area contributed by atoms with Crippen molar-refractivity contribution in [3.63, 3.8) is 0 Å². The fraction of sp³-hybridized carbons (Fsp3) is 0.929. The van der Waals surface area contributed by atoms with Crippen LogP contribution in [0, 0.1) is 5.92 Å². The van der Waals surface area contributed by atoms with Crippen LogP contribution in [0.3, 0.4) is 0 Å². The Morgan fingerprint density at radius 1 is 1.29 bits per heavy atom. The minimum atomic E-state index is 0.680. The molecule has 1 aromatic heterocycles. The maximum atomic E-state index is 5.01. The highest BCUT2D eigenvalue weighted by Crippen LogP contribution is 2.35. The Morgan fingerprint density at radius 2 is 2.10 bits per heavy atom. The second kappa shape index (κ2) is 9.38. The van der Waals surface area contributed by atoms with Gasteiger partial charge in [-0.25, -0.2) is 4.68 Å². The zero-order valence-electron chi connectivity index (χ0n) is 13.1. The summed E-state index contributed by atoms with van der Waals surface area (Å²) in [5.74, 6) is 0.933. The zero-order chi connectivity index (χ0) is 14.9. The van der Waals surface area contributed by atoms with Gasteiger partial charge >= 0.3 is 0 Å². The summed E-state index contributed by atoms with van der Waals surface area (Å²) in [6.45, 7) is 5.57. The Balaban J connectivity index is 1.73. The summed E-state index contributed by atoms with van der Waals surface area (Å²) in [4.78, 5) is 0. The molecule has 2 rings (SSSR count). The smallest absolute Gasteiger partial charge is 0.209 e. The van der Waals surface area contributed by atoms with Gasteiger partial charge in [-0.2, -0.15) is 0 Å². The first-order valence-electron chi connectivity index (χ1n) is 7.96. The molecule has 0 unspecified atom stereocenters. The molecule has 1 aliphatic carbocycles. The van der Waals surface area contributed by atoms with Gasteiger partial charge < -0.3 is 10.1 Å². The van der Waals surface area contributed by atoms with Crippen molar-refractivity contribution in [1.82, 2.24) is 25.5 Å². The van der Waals surface area contributed by atoms with E-state index < -0.39 is 0 Å². The molecule has 0 spiro atoms. The number of aromatic nitrogens is 4. The van der Waals surface area contributed by atoms with Crippen LogP contribution < -0.4 is 5.32 Å². The van der Waals surface area contributed by atoms with Gasteiger partial charge in [0.25, 0.3) is 0 Å². The van der Waals surface area contributed by atoms with Crippen molar-refractivity contribution in [2.75, 3.05) is 26.8 Å². The van der Waals surface area contributed by atoms with Crippen LogP contribution in [-0.4, -0.2) is 52.3 Å². The Bertz CT molecular complexity index is 392. The quantitative estimate of drug-likeness (QED) is 0.703. The van der Waals surface area contributed by atoms with E-state index in [1.165, 1.54) is 32.1 Å². The summed E-state index contributed by atoms with van der Waals surface area (Å²) in [7, 11) is 1.71. The molecule has 0 aliphatic heterocycles. The van der Waals surface area contributed by atoms with Gasteiger partial charge in [-0.1, -0.05) is 25.1 Å². The van der Waals surface area contributed by atoms with Gasteiger partial charge in [0.05, 0.1) is 13.2 Å². The second-order valence-corrected chi connectivity index (χ2v) is 6.86. The minimum Gasteiger partial charge on any atom is -0.383 e. The standard InChI is InChI=1S/C14H27N5OS/c1-3-12-4-6-13(7-5-12)21-14-16-17-18-19(14)10-8-15-9-11-20-2/h12-13,15H,3-11H2,1-2H3. The van der Waals surface area contributed by atoms with Gasteiger partial charge in [0.2, 0.25) is 5.16 Å². The van der Waals surface area contributed by atoms with Crippen molar-refractivity contribution < 1.29 is 4.74 Å². The maximum Gasteiger partial charge on any atom is 0.209 e. The third-order valence-corrected chi connectivity index (χ3v) is 5.43. The minimum absolute atomic E-state index is 0.680. The Morgan fingerprint density at radius 3 is 2.81 bits per heavy atom. The number of rotatable bonds is 9. The summed E-state index contributed by atoms with van der Waals surface area (Å²) in [6.07, 6.45) is 6.62. The number of nitrogens with one attached hydrogen (secondary N) is 1. The molecular formula is C14H27N5OS. The largest absolute Gasteiger partial charge is 0.383 e. The summed E-state index contributed by atoms with van der Waals surface area (Å²) in [5.41, 5.74) is 0. The van der Waals surface area contributed by atoms with Crippen molar-refractivity contribution in [3.8, 4) is 0 Å². The Hall–Kier alpha value is -0.660. The molecule has 0 atom stereocenters. The summed E-state index contributed by atoms with van der Waals surface area (Å²) in [6, 6.07) is 0. The van der Waals surface area contributed by atoms with Gasteiger partial charge in [0, 0.05) is 25.4 Å². The van der Waals surface area contributed by atoms with Crippen LogP contribution in [-0.2, 0) is 11.3 Å². The van der Waals surface area contributed by atoms with E-state index in [-0.39, 0.29) is 0 Å². The molecule has 7 heteroatoms. The van der Waals surface area contributed by atoms with Crippen LogP contribution in [0.2, 0.25) is 0 Å². The molecule has 6 nitrogen and oxygen atoms in total. The molecule has 1 saturated carbocycles. The number of methoxy groups -OCH3 is 1. The van der Waals surface area contributed by atoms with E-state index in [0.29, 0.717) is 5.25 Å². The molecule has 1 heterocycles. The van der Waals surface area contributed by atoms with Gasteiger partial charge in [-0.15, -0.1) is 5.10 Å². The van der Waals surface area contributed by atoms with Gasteiger partial charge in [0.1, 0.15) is 0 Å². The van der Waals surface area contributed by atoms with E-state index in [1.807, 2.05) is 16.4 Å². The first-order valence-corrected chi connectivity index (χ1v) is 8.84. The Labute approximate surface area is 131 Å². The molecule has 0 saturated heterocycles. The molecule has 21 heavy (non-hydrogen) atoms. The second-order valence-electron chi connectivity index (χ2n) is 5.60. The molecule has 1 N–H and O–H groups in total. The lowest BCUT2D eigenvalue weighted by atomic mass is 9.87. The van der Waals surface area contributed by atoms with Crippen molar-refractivity contribution in [2.45, 2.75) is 56.0 Å². The van der Waals surface area contributed by atoms with E-state index >= 15 is 0 Å². The van der Waals surface area contributed by atoms with Crippen molar-refractivity contribution in [2.24, 2.45) is 5.92 Å². The lowest BCUT2D eigenvalue weighted by molar-refractivity contribution is 0.199. The van der Waals surface area contributed by atoms with Crippen LogP contribution >= 0.6 is 11.8 Å². The number of hydrogen-bond donors (Lipinski definition) is 1. The fourth-order valence-corrected chi connectivity index (χ4v) is 3.85. The van der Waals surface area contributed by atoms with Crippen LogP contribution in [0.5, 0.6) is 0 Å². The van der Waals surface area contributed by atoms with Crippen LogP contribution in [0.15, 0.2) is 5.16 Å². The Kier molecular flexibility index (Phi) is 7.46. The van der Waals surface area contributed by atoms with Gasteiger partial charge in [-0.3, -0.25) is 0 Å². The first kappa shape index (κ1) is 16.7. The molecular weight excluding hydrogens is 286 g/mol. The summed E-state index contributed by atoms with van der Waals surface area (Å²) in [5, 5.41) is 17.1. The fourth-order valence-electron chi connectivity index (χ4n) is 2.71. The van der Waals surface area contributed by atoms with Crippen LogP contribution in [0.25, 0.3) is 0 Å². The van der Waals surface area contributed by atoms with Crippen LogP contribution in [0.4, 0.5) is 0 Å². The highest BCUT2D eigenvalue weighted by molar-refractivity contribution is 7.99. The number of thioether (sulfide) groups is 1. The number of nitrogens with zero attached hydrogens (tertiary/aromatic N) is 4. The van der Waals surface area contributed by atoms with E-state index in [9.17, 15) is 0 Å². The van der Waals surface area contributed by atoms with Gasteiger partial charge in [0.15, 0.2) is 0 Å². The highest BCUT2D eigenvalue weighted by Gasteiger charge is 2.22. The monoisotopic (exact) mass is 313 g/mol. The van der Waals surface area contributed by atoms with Crippen molar-refractivity contribution in [3.05, 3.63) is 0 Å². The molecule has 120 valence electrons. The van der Waals surface area contributed by atoms with E-state index in [2.05, 4.69) is 27.8 Å². The normalized spacial score (nSPS) is 22.6. The van der Waals surface area contributed by atoms with Crippen molar-refractivity contribution in [1.29, 1.82) is 0 Å². The topological polar surface area (TPSA) is 64.9 Å². The predicted molar refractivity (Wildman–Crippen MR) is 84.5 cm³/mol. The lowest BCUT2D eigenvalue weighted by Gasteiger charge is -2.26. The molecule has 1 aromatic rings.